The number of hydrogen-bond acceptors (Lipinski definition) is 7. The number of nitrogens with zero attached hydrogens (tertiary/aromatic N) is 2. The Balaban J connectivity index is 1.83. The van der Waals surface area contributed by atoms with Crippen LogP contribution in [0.3, 0.4) is 0 Å². The molecule has 0 aliphatic carbocycles. The summed E-state index contributed by atoms with van der Waals surface area (Å²) in [5.41, 5.74) is 1.60. The summed E-state index contributed by atoms with van der Waals surface area (Å²) in [6.45, 7) is 0.175. The number of methoxy groups -OCH3 is 1. The topological polar surface area (TPSA) is 95.7 Å². The molecular weight excluding hydrogens is 368 g/mol. The van der Waals surface area contributed by atoms with E-state index >= 15 is 0 Å². The van der Waals surface area contributed by atoms with E-state index in [2.05, 4.69) is 4.98 Å². The first-order valence-electron chi connectivity index (χ1n) is 8.19. The zero-order valence-corrected chi connectivity index (χ0v) is 15.4. The van der Waals surface area contributed by atoms with Crippen LogP contribution in [0.15, 0.2) is 52.5 Å². The van der Waals surface area contributed by atoms with Gasteiger partial charge < -0.3 is 19.1 Å². The second-order valence-corrected chi connectivity index (χ2v) is 6.51. The van der Waals surface area contributed by atoms with Crippen molar-refractivity contribution in [1.82, 2.24) is 4.98 Å². The fourth-order valence-electron chi connectivity index (χ4n) is 2.45. The molecule has 8 heteroatoms. The minimum atomic E-state index is -1.26. The van der Waals surface area contributed by atoms with E-state index in [9.17, 15) is 14.7 Å². The van der Waals surface area contributed by atoms with Crippen LogP contribution in [0.25, 0.3) is 11.3 Å². The van der Waals surface area contributed by atoms with Gasteiger partial charge in [-0.2, -0.15) is 0 Å². The zero-order valence-electron chi connectivity index (χ0n) is 14.6. The van der Waals surface area contributed by atoms with E-state index in [1.807, 2.05) is 29.6 Å². The largest absolute Gasteiger partial charge is 0.550 e. The van der Waals surface area contributed by atoms with E-state index in [1.165, 1.54) is 22.5 Å². The second kappa shape index (κ2) is 8.50. The Morgan fingerprint density at radius 1 is 1.22 bits per heavy atom. The highest BCUT2D eigenvalue weighted by molar-refractivity contribution is 7.14. The molecule has 3 rings (SSSR count). The first kappa shape index (κ1) is 18.7. The van der Waals surface area contributed by atoms with Crippen LogP contribution in [0, 0.1) is 0 Å². The predicted octanol–water partition coefficient (Wildman–Crippen LogP) is 2.47. The summed E-state index contributed by atoms with van der Waals surface area (Å²) in [4.78, 5) is 29.2. The molecule has 140 valence electrons. The minimum absolute atomic E-state index is 0.166. The van der Waals surface area contributed by atoms with E-state index in [1.54, 1.807) is 19.2 Å². The normalized spacial score (nSPS) is 10.6. The van der Waals surface area contributed by atoms with Crippen LogP contribution in [0.5, 0.6) is 5.75 Å². The number of hydrogen-bond donors (Lipinski definition) is 0. The Labute approximate surface area is 159 Å². The predicted molar refractivity (Wildman–Crippen MR) is 98.2 cm³/mol. The third-order valence-corrected chi connectivity index (χ3v) is 4.71. The number of ether oxygens (including phenoxy) is 1. The molecule has 27 heavy (non-hydrogen) atoms. The highest BCUT2D eigenvalue weighted by Crippen LogP contribution is 2.30. The summed E-state index contributed by atoms with van der Waals surface area (Å²) >= 11 is 1.30. The minimum Gasteiger partial charge on any atom is -0.550 e. The van der Waals surface area contributed by atoms with Crippen molar-refractivity contribution in [2.45, 2.75) is 19.4 Å². The fraction of sp³-hybridized carbons (Fsp3) is 0.211. The van der Waals surface area contributed by atoms with Crippen molar-refractivity contribution in [2.75, 3.05) is 12.0 Å². The molecule has 0 unspecified atom stereocenters. The monoisotopic (exact) mass is 385 g/mol. The Morgan fingerprint density at radius 3 is 2.63 bits per heavy atom. The van der Waals surface area contributed by atoms with Gasteiger partial charge in [0, 0.05) is 23.3 Å². The molecule has 2 aromatic heterocycles. The van der Waals surface area contributed by atoms with E-state index in [0.29, 0.717) is 10.9 Å². The molecule has 0 radical (unpaired) electrons. The quantitative estimate of drug-likeness (QED) is 0.591. The SMILES string of the molecule is COc1ccc(-c2csc(N(Cc3ccco3)C(=O)CCC(=O)[O-])n2)cc1. The number of benzene rings is 1. The molecule has 0 aliphatic rings. The van der Waals surface area contributed by atoms with Crippen LogP contribution in [0.1, 0.15) is 18.6 Å². The number of anilines is 1. The van der Waals surface area contributed by atoms with Gasteiger partial charge in [0.05, 0.1) is 25.6 Å². The van der Waals surface area contributed by atoms with Crippen molar-refractivity contribution >= 4 is 28.3 Å². The Morgan fingerprint density at radius 2 is 2.00 bits per heavy atom. The molecule has 0 saturated heterocycles. The van der Waals surface area contributed by atoms with Gasteiger partial charge in [0.25, 0.3) is 0 Å². The molecule has 0 spiro atoms. The molecular formula is C19H17N2O5S-. The van der Waals surface area contributed by atoms with Crippen LogP contribution >= 0.6 is 11.3 Å². The molecule has 0 saturated carbocycles. The standard InChI is InChI=1S/C19H18N2O5S/c1-25-14-6-4-13(5-7-14)16-12-27-19(20-16)21(11-15-3-2-10-26-15)17(22)8-9-18(23)24/h2-7,10,12H,8-9,11H2,1H3,(H,23,24)/p-1. The van der Waals surface area contributed by atoms with Gasteiger partial charge in [0.1, 0.15) is 11.5 Å². The summed E-state index contributed by atoms with van der Waals surface area (Å²) in [5.74, 6) is -0.297. The van der Waals surface area contributed by atoms with Gasteiger partial charge in [-0.1, -0.05) is 0 Å². The number of aliphatic carboxylic acids is 1. The summed E-state index contributed by atoms with van der Waals surface area (Å²) in [6.07, 6.45) is 1.01. The molecule has 1 aromatic carbocycles. The molecule has 2 heterocycles. The summed E-state index contributed by atoms with van der Waals surface area (Å²) in [7, 11) is 1.60. The Bertz CT molecular complexity index is 903. The number of aromatic nitrogens is 1. The molecule has 0 bridgehead atoms. The number of rotatable bonds is 8. The van der Waals surface area contributed by atoms with Crippen molar-refractivity contribution in [3.05, 3.63) is 53.8 Å². The maximum absolute atomic E-state index is 12.5. The molecule has 1 amide bonds. The van der Waals surface area contributed by atoms with Crippen LogP contribution in [0.2, 0.25) is 0 Å². The van der Waals surface area contributed by atoms with Crippen molar-refractivity contribution in [2.24, 2.45) is 0 Å². The first-order valence-corrected chi connectivity index (χ1v) is 9.07. The average Bonchev–Trinajstić information content (AvgIpc) is 3.36. The van der Waals surface area contributed by atoms with Crippen LogP contribution in [0.4, 0.5) is 5.13 Å². The number of carbonyl (C=O) groups excluding carboxylic acids is 2. The first-order chi connectivity index (χ1) is 13.1. The smallest absolute Gasteiger partial charge is 0.229 e. The highest BCUT2D eigenvalue weighted by atomic mass is 32.1. The van der Waals surface area contributed by atoms with Gasteiger partial charge in [-0.15, -0.1) is 11.3 Å². The highest BCUT2D eigenvalue weighted by Gasteiger charge is 2.21. The second-order valence-electron chi connectivity index (χ2n) is 5.68. The number of furan rings is 1. The Hall–Kier alpha value is -3.13. The maximum Gasteiger partial charge on any atom is 0.229 e. The van der Waals surface area contributed by atoms with Gasteiger partial charge in [-0.3, -0.25) is 9.69 Å². The number of carboxylic acids is 1. The Kier molecular flexibility index (Phi) is 5.87. The van der Waals surface area contributed by atoms with E-state index in [-0.39, 0.29) is 25.3 Å². The van der Waals surface area contributed by atoms with Crippen molar-refractivity contribution < 1.29 is 23.8 Å². The lowest BCUT2D eigenvalue weighted by Gasteiger charge is -2.19. The van der Waals surface area contributed by atoms with Crippen molar-refractivity contribution in [3.63, 3.8) is 0 Å². The lowest BCUT2D eigenvalue weighted by Crippen LogP contribution is -2.32. The molecule has 0 N–H and O–H groups in total. The molecule has 3 aromatic rings. The average molecular weight is 385 g/mol. The number of carboxylic acid groups (broad SMARTS) is 1. The molecule has 0 aliphatic heterocycles. The van der Waals surface area contributed by atoms with Crippen LogP contribution in [-0.2, 0) is 16.1 Å². The van der Waals surface area contributed by atoms with Gasteiger partial charge in [0.15, 0.2) is 5.13 Å². The fourth-order valence-corrected chi connectivity index (χ4v) is 3.30. The van der Waals surface area contributed by atoms with Gasteiger partial charge in [0.2, 0.25) is 5.91 Å². The number of thiazole rings is 1. The molecule has 0 fully saturated rings. The van der Waals surface area contributed by atoms with E-state index < -0.39 is 5.97 Å². The lowest BCUT2D eigenvalue weighted by atomic mass is 10.2. The molecule has 0 atom stereocenters. The van der Waals surface area contributed by atoms with Crippen LogP contribution < -0.4 is 14.7 Å². The van der Waals surface area contributed by atoms with Crippen LogP contribution in [-0.4, -0.2) is 24.0 Å². The van der Waals surface area contributed by atoms with Gasteiger partial charge in [-0.05, 0) is 42.8 Å². The van der Waals surface area contributed by atoms with E-state index in [0.717, 1.165) is 17.0 Å². The lowest BCUT2D eigenvalue weighted by molar-refractivity contribution is -0.305. The van der Waals surface area contributed by atoms with Crippen molar-refractivity contribution in [3.8, 4) is 17.0 Å². The summed E-state index contributed by atoms with van der Waals surface area (Å²) in [5, 5.41) is 13.0. The summed E-state index contributed by atoms with van der Waals surface area (Å²) < 4.78 is 10.5. The van der Waals surface area contributed by atoms with Gasteiger partial charge in [-0.25, -0.2) is 4.98 Å². The third kappa shape index (κ3) is 4.73. The number of carbonyl (C=O) groups is 2. The van der Waals surface area contributed by atoms with E-state index in [4.69, 9.17) is 9.15 Å². The molecule has 7 nitrogen and oxygen atoms in total. The maximum atomic E-state index is 12.5. The number of amides is 1. The zero-order chi connectivity index (χ0) is 19.2. The summed E-state index contributed by atoms with van der Waals surface area (Å²) in [6, 6.07) is 10.9. The van der Waals surface area contributed by atoms with Gasteiger partial charge >= 0.3 is 0 Å². The van der Waals surface area contributed by atoms with Crippen molar-refractivity contribution in [1.29, 1.82) is 0 Å². The third-order valence-electron chi connectivity index (χ3n) is 3.85.